The summed E-state index contributed by atoms with van der Waals surface area (Å²) in [4.78, 5) is 23.4. The highest BCUT2D eigenvalue weighted by Gasteiger charge is 2.27. The van der Waals surface area contributed by atoms with Gasteiger partial charge in [0.15, 0.2) is 0 Å². The van der Waals surface area contributed by atoms with E-state index in [1.807, 2.05) is 6.08 Å². The summed E-state index contributed by atoms with van der Waals surface area (Å²) in [6.07, 6.45) is 10.8. The molecule has 0 amide bonds. The van der Waals surface area contributed by atoms with Crippen LogP contribution < -0.4 is 9.91 Å². The van der Waals surface area contributed by atoms with Crippen molar-refractivity contribution in [2.45, 2.75) is 58.3 Å². The largest absolute Gasteiger partial charge is 0.458 e. The summed E-state index contributed by atoms with van der Waals surface area (Å²) in [6.45, 7) is 6.23. The molecule has 2 aromatic rings. The number of piperidine rings is 1. The van der Waals surface area contributed by atoms with Crippen molar-refractivity contribution in [2.24, 2.45) is 5.92 Å². The number of benzene rings is 1. The molecule has 6 nitrogen and oxygen atoms in total. The number of hydrogen-bond donors (Lipinski definition) is 1. The third-order valence-electron chi connectivity index (χ3n) is 6.37. The fourth-order valence-electron chi connectivity index (χ4n) is 4.55. The standard InChI is InChI=1S/C25H33N5O/c1-18(2)8-10-22(31)11-9-19-5-3-6-20(15-19)21-7-4-13-29(16-21)24-23-12-14-30(26)25(23)28-17-27-24/h3,5-6,12,14-15,17-18,21,26,30H,4,7-11,13,16H2,1-2H3. The number of nitrogens with one attached hydrogen (secondary N) is 2. The monoisotopic (exact) mass is 419 g/mol. The van der Waals surface area contributed by atoms with Crippen LogP contribution in [0, 0.1) is 5.92 Å². The first-order chi connectivity index (χ1) is 15.0. The molecule has 0 radical (unpaired) electrons. The Morgan fingerprint density at radius 2 is 2.16 bits per heavy atom. The van der Waals surface area contributed by atoms with Crippen molar-refractivity contribution in [1.82, 2.24) is 9.97 Å². The predicted octanol–water partition coefficient (Wildman–Crippen LogP) is 4.27. The van der Waals surface area contributed by atoms with E-state index in [2.05, 4.69) is 53.0 Å². The van der Waals surface area contributed by atoms with E-state index in [0.717, 1.165) is 56.0 Å². The molecule has 6 heteroatoms. The number of rotatable bonds is 8. The molecule has 0 bridgehead atoms. The second kappa shape index (κ2) is 9.71. The third kappa shape index (κ3) is 5.20. The van der Waals surface area contributed by atoms with Gasteiger partial charge < -0.3 is 15.8 Å². The second-order valence-corrected chi connectivity index (χ2v) is 9.21. The molecular weight excluding hydrogens is 386 g/mol. The molecule has 0 saturated carbocycles. The van der Waals surface area contributed by atoms with Gasteiger partial charge in [-0.3, -0.25) is 4.79 Å². The molecule has 2 aliphatic rings. The van der Waals surface area contributed by atoms with Crippen molar-refractivity contribution in [1.29, 1.82) is 0 Å². The molecule has 4 rings (SSSR count). The minimum Gasteiger partial charge on any atom is -0.458 e. The summed E-state index contributed by atoms with van der Waals surface area (Å²) in [5, 5.41) is 0.461. The maximum absolute atomic E-state index is 12.2. The summed E-state index contributed by atoms with van der Waals surface area (Å²) in [7, 11) is 0. The molecule has 31 heavy (non-hydrogen) atoms. The maximum atomic E-state index is 12.2. The molecule has 1 saturated heterocycles. The third-order valence-corrected chi connectivity index (χ3v) is 6.37. The Labute approximate surface area is 185 Å². The van der Waals surface area contributed by atoms with E-state index in [-0.39, 0.29) is 0 Å². The number of nitrogens with zero attached hydrogens (tertiary/aromatic N) is 3. The second-order valence-electron chi connectivity index (χ2n) is 9.21. The Bertz CT molecular complexity index is 955. The summed E-state index contributed by atoms with van der Waals surface area (Å²) in [5.41, 5.74) is 3.58. The molecule has 1 aromatic carbocycles. The van der Waals surface area contributed by atoms with Crippen molar-refractivity contribution in [3.8, 4) is 0 Å². The van der Waals surface area contributed by atoms with Crippen LogP contribution in [0.3, 0.4) is 0 Å². The fraction of sp³-hybridized carbons (Fsp3) is 0.480. The Morgan fingerprint density at radius 1 is 1.29 bits per heavy atom. The zero-order valence-electron chi connectivity index (χ0n) is 18.6. The van der Waals surface area contributed by atoms with Gasteiger partial charge in [-0.25, -0.2) is 4.98 Å². The molecule has 0 spiro atoms. The van der Waals surface area contributed by atoms with Crippen molar-refractivity contribution in [2.75, 3.05) is 18.0 Å². The van der Waals surface area contributed by atoms with Crippen molar-refractivity contribution >= 4 is 23.5 Å². The number of aryl methyl sites for hydroxylation is 1. The van der Waals surface area contributed by atoms with Crippen LogP contribution in [0.25, 0.3) is 11.9 Å². The van der Waals surface area contributed by atoms with Gasteiger partial charge in [0.25, 0.3) is 0 Å². The lowest BCUT2D eigenvalue weighted by molar-refractivity contribution is -0.714. The number of aromatic nitrogens is 2. The quantitative estimate of drug-likeness (QED) is 0.693. The number of hydrogen-bond acceptors (Lipinski definition) is 4. The number of ketones is 1. The van der Waals surface area contributed by atoms with Crippen molar-refractivity contribution in [3.63, 3.8) is 0 Å². The molecule has 2 N–H and O–H groups in total. The van der Waals surface area contributed by atoms with Gasteiger partial charge >= 0.3 is 0 Å². The topological polar surface area (TPSA) is 74.3 Å². The Morgan fingerprint density at radius 3 is 3.00 bits per heavy atom. The Hall–Kier alpha value is -2.57. The van der Waals surface area contributed by atoms with E-state index in [1.54, 1.807) is 12.5 Å². The van der Waals surface area contributed by atoms with Gasteiger partial charge in [-0.2, -0.15) is 4.98 Å². The minimum atomic E-state index is 0.374. The highest BCUT2D eigenvalue weighted by atomic mass is 16.1. The average molecular weight is 420 g/mol. The SMILES string of the molecule is CC(C)CCC(=O)CCc1cccc(C2CCCN(c3ncnc4c3C=C[NH+]4[NH-])C2)c1. The summed E-state index contributed by atoms with van der Waals surface area (Å²) in [6, 6.07) is 8.80. The molecule has 2 aliphatic heterocycles. The van der Waals surface area contributed by atoms with E-state index >= 15 is 0 Å². The van der Waals surface area contributed by atoms with E-state index in [1.165, 1.54) is 11.1 Å². The first kappa shape index (κ1) is 21.7. The predicted molar refractivity (Wildman–Crippen MR) is 124 cm³/mol. The van der Waals surface area contributed by atoms with Crippen LogP contribution in [0.2, 0.25) is 0 Å². The summed E-state index contributed by atoms with van der Waals surface area (Å²) < 4.78 is 0. The van der Waals surface area contributed by atoms with Crippen LogP contribution in [0.5, 0.6) is 0 Å². The van der Waals surface area contributed by atoms with E-state index < -0.39 is 0 Å². The molecule has 2 unspecified atom stereocenters. The van der Waals surface area contributed by atoms with Gasteiger partial charge in [-0.15, -0.1) is 0 Å². The van der Waals surface area contributed by atoms with Gasteiger partial charge in [-0.1, -0.05) is 38.1 Å². The zero-order valence-corrected chi connectivity index (χ0v) is 18.6. The lowest BCUT2D eigenvalue weighted by Crippen LogP contribution is -2.94. The van der Waals surface area contributed by atoms with Crippen molar-refractivity contribution < 1.29 is 9.80 Å². The Kier molecular flexibility index (Phi) is 6.78. The molecule has 164 valence electrons. The van der Waals surface area contributed by atoms with E-state index in [0.29, 0.717) is 35.5 Å². The van der Waals surface area contributed by atoms with Crippen molar-refractivity contribution in [3.05, 3.63) is 59.3 Å². The van der Waals surface area contributed by atoms with Crippen LogP contribution in [-0.4, -0.2) is 28.8 Å². The number of carbonyl (C=O) groups is 1. The number of Topliss-reactive ketones (excluding diaryl/α,β-unsaturated/α-hetero) is 1. The van der Waals surface area contributed by atoms with Gasteiger partial charge in [0.05, 0.1) is 6.20 Å². The van der Waals surface area contributed by atoms with Crippen LogP contribution in [0.15, 0.2) is 36.8 Å². The van der Waals surface area contributed by atoms with E-state index in [9.17, 15) is 4.79 Å². The first-order valence-electron chi connectivity index (χ1n) is 11.5. The fourth-order valence-corrected chi connectivity index (χ4v) is 4.55. The number of quaternary nitrogens is 1. The molecule has 1 aromatic heterocycles. The zero-order chi connectivity index (χ0) is 21.8. The number of carbonyl (C=O) groups excluding carboxylic acids is 1. The number of anilines is 1. The summed E-state index contributed by atoms with van der Waals surface area (Å²) >= 11 is 0. The van der Waals surface area contributed by atoms with E-state index in [4.69, 9.17) is 5.84 Å². The summed E-state index contributed by atoms with van der Waals surface area (Å²) in [5.74, 6) is 11.1. The molecule has 2 atom stereocenters. The normalized spacial score (nSPS) is 20.3. The molecule has 1 fully saturated rings. The highest BCUT2D eigenvalue weighted by Crippen LogP contribution is 2.33. The first-order valence-corrected chi connectivity index (χ1v) is 11.5. The smallest absolute Gasteiger partial charge is 0.233 e. The lowest BCUT2D eigenvalue weighted by Gasteiger charge is -2.34. The van der Waals surface area contributed by atoms with Gasteiger partial charge in [0, 0.05) is 37.9 Å². The minimum absolute atomic E-state index is 0.374. The van der Waals surface area contributed by atoms with Gasteiger partial charge in [0.2, 0.25) is 5.82 Å². The number of fused-ring (bicyclic) bond motifs is 1. The average Bonchev–Trinajstić information content (AvgIpc) is 3.17. The Balaban J connectivity index is 1.42. The lowest BCUT2D eigenvalue weighted by atomic mass is 9.89. The van der Waals surface area contributed by atoms with Crippen LogP contribution in [-0.2, 0) is 11.2 Å². The van der Waals surface area contributed by atoms with Crippen LogP contribution in [0.4, 0.5) is 11.6 Å². The maximum Gasteiger partial charge on any atom is 0.233 e. The van der Waals surface area contributed by atoms with Gasteiger partial charge in [-0.05, 0) is 42.7 Å². The molecule has 0 aliphatic carbocycles. The molecular formula is C25H33N5O. The molecule has 3 heterocycles. The van der Waals surface area contributed by atoms with Crippen LogP contribution in [0.1, 0.15) is 68.6 Å². The highest BCUT2D eigenvalue weighted by molar-refractivity contribution is 5.78. The van der Waals surface area contributed by atoms with Gasteiger partial charge in [0.1, 0.15) is 23.5 Å². The van der Waals surface area contributed by atoms with Crippen LogP contribution >= 0.6 is 0 Å².